The van der Waals surface area contributed by atoms with Gasteiger partial charge in [0, 0.05) is 28.1 Å². The fourth-order valence-electron chi connectivity index (χ4n) is 3.76. The van der Waals surface area contributed by atoms with Gasteiger partial charge >= 0.3 is 46.9 Å². The molecule has 0 spiro atoms. The third kappa shape index (κ3) is 4.11. The van der Waals surface area contributed by atoms with Crippen molar-refractivity contribution in [2.24, 2.45) is 0 Å². The topological polar surface area (TPSA) is 149 Å². The first-order valence-electron chi connectivity index (χ1n) is 9.42. The standard InChI is InChI=1S/C24H15NO6.La.H2O/c26-21-13-7-1-3-10-16(13)30-23(28)19(21)18(15-9-5-6-12-25-15)20-22(27)14-8-2-4-11-17(14)31-24(20)29;;/h1-12,18,26-27H;;1H2/q;+3;/p-3. The van der Waals surface area contributed by atoms with E-state index in [4.69, 9.17) is 8.83 Å². The number of pyridine rings is 1. The van der Waals surface area contributed by atoms with Crippen LogP contribution in [-0.2, 0) is 0 Å². The van der Waals surface area contributed by atoms with E-state index in [1.165, 1.54) is 36.5 Å². The summed E-state index contributed by atoms with van der Waals surface area (Å²) in [6.45, 7) is 0. The van der Waals surface area contributed by atoms with Crippen molar-refractivity contribution in [1.29, 1.82) is 0 Å². The number of fused-ring (bicyclic) bond motifs is 2. The molecule has 0 atom stereocenters. The fourth-order valence-corrected chi connectivity index (χ4v) is 3.76. The van der Waals surface area contributed by atoms with Gasteiger partial charge in [-0.25, -0.2) is 9.59 Å². The van der Waals surface area contributed by atoms with Crippen LogP contribution in [0.4, 0.5) is 0 Å². The SMILES string of the molecule is O=c1oc2ccccc2c([O-])c1C(c1ccccn1)c1c([O-])c2ccccc2oc1=O.[La+3].[OH-]. The number of benzene rings is 2. The molecule has 0 aliphatic heterocycles. The Hall–Kier alpha value is -3.24. The summed E-state index contributed by atoms with van der Waals surface area (Å²) in [5.74, 6) is -2.60. The van der Waals surface area contributed by atoms with Gasteiger partial charge in [-0.2, -0.15) is 0 Å². The summed E-state index contributed by atoms with van der Waals surface area (Å²) < 4.78 is 10.7. The summed E-state index contributed by atoms with van der Waals surface area (Å²) in [6.07, 6.45) is 1.45. The van der Waals surface area contributed by atoms with Crippen molar-refractivity contribution in [3.8, 4) is 11.5 Å². The van der Waals surface area contributed by atoms with Crippen LogP contribution in [0.5, 0.6) is 11.5 Å². The molecule has 3 heterocycles. The number of hydrogen-bond donors (Lipinski definition) is 0. The maximum absolute atomic E-state index is 13.3. The monoisotopic (exact) mass is 567 g/mol. The van der Waals surface area contributed by atoms with E-state index in [9.17, 15) is 19.8 Å². The summed E-state index contributed by atoms with van der Waals surface area (Å²) in [6, 6.07) is 17.4. The van der Waals surface area contributed by atoms with Crippen molar-refractivity contribution >= 4 is 21.9 Å². The third-order valence-corrected chi connectivity index (χ3v) is 5.16. The van der Waals surface area contributed by atoms with E-state index in [0.29, 0.717) is 0 Å². The molecule has 5 rings (SSSR count). The van der Waals surface area contributed by atoms with Crippen LogP contribution in [0.3, 0.4) is 0 Å². The van der Waals surface area contributed by atoms with E-state index in [1.807, 2.05) is 0 Å². The van der Waals surface area contributed by atoms with E-state index < -0.39 is 28.7 Å². The molecule has 0 unspecified atom stereocenters. The van der Waals surface area contributed by atoms with Crippen LogP contribution >= 0.6 is 0 Å². The van der Waals surface area contributed by atoms with Crippen LogP contribution < -0.4 is 21.5 Å². The zero-order valence-corrected chi connectivity index (χ0v) is 20.6. The Kier molecular flexibility index (Phi) is 7.19. The molecule has 5 aromatic rings. The molecular formula is C24H14LaNO7. The minimum absolute atomic E-state index is 0. The molecule has 0 radical (unpaired) electrons. The number of para-hydroxylation sites is 2. The van der Waals surface area contributed by atoms with Gasteiger partial charge < -0.3 is 24.5 Å². The molecule has 2 aromatic carbocycles. The second-order valence-electron chi connectivity index (χ2n) is 6.94. The summed E-state index contributed by atoms with van der Waals surface area (Å²) in [5, 5.41) is 26.9. The molecule has 3 aromatic heterocycles. The molecule has 9 heteroatoms. The summed E-state index contributed by atoms with van der Waals surface area (Å²) in [4.78, 5) is 30.0. The maximum Gasteiger partial charge on any atom is 3.00 e. The van der Waals surface area contributed by atoms with Crippen molar-refractivity contribution in [2.45, 2.75) is 5.92 Å². The Morgan fingerprint density at radius 3 is 1.61 bits per heavy atom. The van der Waals surface area contributed by atoms with Gasteiger partial charge in [-0.15, -0.1) is 0 Å². The van der Waals surface area contributed by atoms with Crippen LogP contribution in [0.25, 0.3) is 21.9 Å². The number of hydrogen-bond acceptors (Lipinski definition) is 8. The van der Waals surface area contributed by atoms with E-state index >= 15 is 0 Å². The number of aromatic nitrogens is 1. The van der Waals surface area contributed by atoms with E-state index in [1.54, 1.807) is 36.4 Å². The van der Waals surface area contributed by atoms with Crippen molar-refractivity contribution in [3.05, 3.63) is 111 Å². The van der Waals surface area contributed by atoms with E-state index in [0.717, 1.165) is 0 Å². The zero-order chi connectivity index (χ0) is 21.5. The first kappa shape index (κ1) is 24.4. The predicted molar refractivity (Wildman–Crippen MR) is 111 cm³/mol. The summed E-state index contributed by atoms with van der Waals surface area (Å²) in [7, 11) is 0. The van der Waals surface area contributed by atoms with Gasteiger partial charge in [0.25, 0.3) is 0 Å². The molecule has 33 heavy (non-hydrogen) atoms. The van der Waals surface area contributed by atoms with Gasteiger partial charge in [-0.3, -0.25) is 4.98 Å². The van der Waals surface area contributed by atoms with E-state index in [2.05, 4.69) is 4.98 Å². The number of nitrogens with zero attached hydrogens (tertiary/aromatic N) is 1. The molecule has 0 amide bonds. The Balaban J connectivity index is 0.00000153. The van der Waals surface area contributed by atoms with Crippen LogP contribution in [0.15, 0.2) is 91.4 Å². The Labute approximate surface area is 214 Å². The third-order valence-electron chi connectivity index (χ3n) is 5.16. The average molecular weight is 567 g/mol. The quantitative estimate of drug-likeness (QED) is 0.302. The molecular weight excluding hydrogens is 553 g/mol. The van der Waals surface area contributed by atoms with Crippen LogP contribution in [0.1, 0.15) is 22.7 Å². The van der Waals surface area contributed by atoms with Crippen LogP contribution in [-0.4, -0.2) is 10.5 Å². The van der Waals surface area contributed by atoms with Gasteiger partial charge in [-0.1, -0.05) is 54.0 Å². The largest absolute Gasteiger partial charge is 3.00 e. The summed E-state index contributed by atoms with van der Waals surface area (Å²) in [5.41, 5.74) is -2.18. The first-order chi connectivity index (χ1) is 15.1. The molecule has 0 saturated heterocycles. The normalized spacial score (nSPS) is 10.7. The molecule has 0 aliphatic rings. The predicted octanol–water partition coefficient (Wildman–Crippen LogP) is 2.44. The first-order valence-corrected chi connectivity index (χ1v) is 9.42. The molecule has 160 valence electrons. The van der Waals surface area contributed by atoms with Crippen molar-refractivity contribution in [1.82, 2.24) is 4.98 Å². The minimum atomic E-state index is -1.34. The zero-order valence-electron chi connectivity index (χ0n) is 16.9. The van der Waals surface area contributed by atoms with Crippen LogP contribution in [0, 0.1) is 35.6 Å². The van der Waals surface area contributed by atoms with Gasteiger partial charge in [0.2, 0.25) is 0 Å². The molecule has 8 nitrogen and oxygen atoms in total. The van der Waals surface area contributed by atoms with Crippen molar-refractivity contribution < 1.29 is 60.1 Å². The van der Waals surface area contributed by atoms with Crippen LogP contribution in [0.2, 0.25) is 0 Å². The Morgan fingerprint density at radius 1 is 0.697 bits per heavy atom. The van der Waals surface area contributed by atoms with Crippen molar-refractivity contribution in [2.75, 3.05) is 0 Å². The van der Waals surface area contributed by atoms with Crippen molar-refractivity contribution in [3.63, 3.8) is 0 Å². The second-order valence-corrected chi connectivity index (χ2v) is 6.94. The molecule has 0 saturated carbocycles. The number of rotatable bonds is 3. The summed E-state index contributed by atoms with van der Waals surface area (Å²) >= 11 is 0. The molecule has 1 N–H and O–H groups in total. The maximum atomic E-state index is 13.3. The molecule has 0 aliphatic carbocycles. The van der Waals surface area contributed by atoms with Gasteiger partial charge in [0.1, 0.15) is 11.2 Å². The van der Waals surface area contributed by atoms with Gasteiger partial charge in [-0.05, 0) is 24.3 Å². The van der Waals surface area contributed by atoms with E-state index in [-0.39, 0.29) is 79.8 Å². The second kappa shape index (κ2) is 9.72. The smallest absolute Gasteiger partial charge is 0.872 e. The fraction of sp³-hybridized carbons (Fsp3) is 0.0417. The van der Waals surface area contributed by atoms with Gasteiger partial charge in [0.05, 0.1) is 11.6 Å². The average Bonchev–Trinajstić information content (AvgIpc) is 2.78. The minimum Gasteiger partial charge on any atom is -0.872 e. The van der Waals surface area contributed by atoms with Gasteiger partial charge in [0.15, 0.2) is 0 Å². The Bertz CT molecular complexity index is 1460. The molecule has 0 bridgehead atoms. The Morgan fingerprint density at radius 2 is 1.15 bits per heavy atom. The molecule has 0 fully saturated rings.